The van der Waals surface area contributed by atoms with E-state index in [4.69, 9.17) is 5.11 Å². The molecule has 0 aliphatic carbocycles. The number of carboxylic acids is 1. The number of likely N-dealkylation sites (tertiary alicyclic amines) is 1. The van der Waals surface area contributed by atoms with Gasteiger partial charge in [-0.15, -0.1) is 0 Å². The molecule has 1 saturated heterocycles. The fourth-order valence-electron chi connectivity index (χ4n) is 2.97. The summed E-state index contributed by atoms with van der Waals surface area (Å²) in [6.07, 6.45) is 9.32. The first-order chi connectivity index (χ1) is 10.6. The molecule has 116 valence electrons. The van der Waals surface area contributed by atoms with Crippen molar-refractivity contribution in [3.05, 3.63) is 30.5 Å². The number of amides is 1. The van der Waals surface area contributed by atoms with E-state index in [1.54, 1.807) is 34.1 Å². The normalized spacial score (nSPS) is 19.1. The van der Waals surface area contributed by atoms with Crippen LogP contribution in [0.2, 0.25) is 0 Å². The lowest BCUT2D eigenvalue weighted by Gasteiger charge is -2.20. The Bertz CT molecular complexity index is 697. The van der Waals surface area contributed by atoms with E-state index in [0.717, 1.165) is 19.3 Å². The topological polar surface area (TPSA) is 87.8 Å². The number of rotatable bonds is 3. The number of aliphatic carboxylic acids is 1. The molecule has 0 spiro atoms. The molecule has 7 nitrogen and oxygen atoms in total. The highest BCUT2D eigenvalue weighted by Gasteiger charge is 2.25. The number of hydrogen-bond acceptors (Lipinski definition) is 4. The molecule has 0 bridgehead atoms. The summed E-state index contributed by atoms with van der Waals surface area (Å²) in [5.41, 5.74) is 0.906. The zero-order valence-corrected chi connectivity index (χ0v) is 12.2. The monoisotopic (exact) mass is 302 g/mol. The van der Waals surface area contributed by atoms with Gasteiger partial charge in [0.1, 0.15) is 0 Å². The molecule has 22 heavy (non-hydrogen) atoms. The van der Waals surface area contributed by atoms with Crippen LogP contribution < -0.4 is 0 Å². The summed E-state index contributed by atoms with van der Waals surface area (Å²) in [6, 6.07) is 0. The Kier molecular flexibility index (Phi) is 4.04. The molecule has 1 amide bonds. The van der Waals surface area contributed by atoms with Crippen LogP contribution in [0.15, 0.2) is 24.8 Å². The minimum Gasteiger partial charge on any atom is -0.481 e. The van der Waals surface area contributed by atoms with Crippen LogP contribution in [0, 0.1) is 5.92 Å². The van der Waals surface area contributed by atoms with E-state index in [1.165, 1.54) is 0 Å². The maximum atomic E-state index is 12.7. The van der Waals surface area contributed by atoms with Crippen LogP contribution >= 0.6 is 0 Å². The van der Waals surface area contributed by atoms with Gasteiger partial charge in [-0.25, -0.2) is 9.97 Å². The molecule has 1 aliphatic rings. The molecule has 2 aromatic rings. The van der Waals surface area contributed by atoms with Gasteiger partial charge in [-0.1, -0.05) is 0 Å². The van der Waals surface area contributed by atoms with Crippen LogP contribution in [0.5, 0.6) is 0 Å². The number of carbonyl (C=O) groups is 2. The molecule has 7 heteroatoms. The van der Waals surface area contributed by atoms with Crippen molar-refractivity contribution >= 4 is 17.5 Å². The standard InChI is InChI=1S/C15H18N4O3/c20-12(21)10-11-2-1-6-19(7-3-11)15(22)13-14-17-5-9-18(14)8-4-16-13/h4-5,8-9,11H,1-3,6-7,10H2,(H,20,21). The SMILES string of the molecule is O=C(O)CC1CCCN(C(=O)c2nccn3ccnc23)CC1. The van der Waals surface area contributed by atoms with Gasteiger partial charge < -0.3 is 14.4 Å². The van der Waals surface area contributed by atoms with Gasteiger partial charge in [-0.3, -0.25) is 9.59 Å². The Labute approximate surface area is 127 Å². The maximum absolute atomic E-state index is 12.7. The van der Waals surface area contributed by atoms with Gasteiger partial charge in [0.2, 0.25) is 0 Å². The Morgan fingerprint density at radius 3 is 2.73 bits per heavy atom. The third kappa shape index (κ3) is 2.93. The lowest BCUT2D eigenvalue weighted by Crippen LogP contribution is -2.33. The highest BCUT2D eigenvalue weighted by molar-refractivity contribution is 5.97. The fourth-order valence-corrected chi connectivity index (χ4v) is 2.97. The van der Waals surface area contributed by atoms with Crippen LogP contribution in [0.25, 0.3) is 5.65 Å². The third-order valence-corrected chi connectivity index (χ3v) is 4.11. The molecule has 1 atom stereocenters. The summed E-state index contributed by atoms with van der Waals surface area (Å²) in [7, 11) is 0. The highest BCUT2D eigenvalue weighted by atomic mass is 16.4. The smallest absolute Gasteiger partial charge is 0.303 e. The Morgan fingerprint density at radius 1 is 1.18 bits per heavy atom. The molecule has 1 N–H and O–H groups in total. The Morgan fingerprint density at radius 2 is 1.95 bits per heavy atom. The van der Waals surface area contributed by atoms with Crippen molar-refractivity contribution in [3.63, 3.8) is 0 Å². The number of imidazole rings is 1. The Hall–Kier alpha value is -2.44. The first-order valence-electron chi connectivity index (χ1n) is 7.44. The summed E-state index contributed by atoms with van der Waals surface area (Å²) < 4.78 is 1.77. The number of aromatic nitrogens is 3. The first-order valence-corrected chi connectivity index (χ1v) is 7.44. The summed E-state index contributed by atoms with van der Waals surface area (Å²) >= 11 is 0. The molecule has 2 aromatic heterocycles. The average Bonchev–Trinajstić information content (AvgIpc) is 2.86. The van der Waals surface area contributed by atoms with Gasteiger partial charge >= 0.3 is 5.97 Å². The number of nitrogens with zero attached hydrogens (tertiary/aromatic N) is 4. The summed E-state index contributed by atoms with van der Waals surface area (Å²) in [5, 5.41) is 8.90. The first kappa shape index (κ1) is 14.5. The van der Waals surface area contributed by atoms with E-state index in [9.17, 15) is 9.59 Å². The minimum absolute atomic E-state index is 0.132. The summed E-state index contributed by atoms with van der Waals surface area (Å²) in [6.45, 7) is 1.21. The fraction of sp³-hybridized carbons (Fsp3) is 0.467. The van der Waals surface area contributed by atoms with Crippen molar-refractivity contribution in [2.75, 3.05) is 13.1 Å². The minimum atomic E-state index is -0.770. The molecular weight excluding hydrogens is 284 g/mol. The lowest BCUT2D eigenvalue weighted by molar-refractivity contribution is -0.138. The van der Waals surface area contributed by atoms with Crippen molar-refractivity contribution in [3.8, 4) is 0 Å². The van der Waals surface area contributed by atoms with Crippen molar-refractivity contribution in [2.24, 2.45) is 5.92 Å². The molecule has 0 radical (unpaired) electrons. The second-order valence-electron chi connectivity index (χ2n) is 5.62. The van der Waals surface area contributed by atoms with Crippen molar-refractivity contribution in [1.82, 2.24) is 19.3 Å². The third-order valence-electron chi connectivity index (χ3n) is 4.11. The van der Waals surface area contributed by atoms with Crippen molar-refractivity contribution < 1.29 is 14.7 Å². The summed E-state index contributed by atoms with van der Waals surface area (Å²) in [4.78, 5) is 33.7. The van der Waals surface area contributed by atoms with E-state index < -0.39 is 5.97 Å². The van der Waals surface area contributed by atoms with Crippen LogP contribution in [-0.2, 0) is 4.79 Å². The molecule has 1 fully saturated rings. The van der Waals surface area contributed by atoms with E-state index in [1.807, 2.05) is 0 Å². The van der Waals surface area contributed by atoms with E-state index in [-0.39, 0.29) is 18.2 Å². The average molecular weight is 302 g/mol. The number of fused-ring (bicyclic) bond motifs is 1. The highest BCUT2D eigenvalue weighted by Crippen LogP contribution is 2.22. The van der Waals surface area contributed by atoms with Gasteiger partial charge in [0, 0.05) is 44.3 Å². The molecular formula is C15H18N4O3. The number of hydrogen-bond donors (Lipinski definition) is 1. The Balaban J connectivity index is 1.75. The van der Waals surface area contributed by atoms with Crippen LogP contribution in [-0.4, -0.2) is 49.3 Å². The molecule has 3 heterocycles. The van der Waals surface area contributed by atoms with Gasteiger partial charge in [0.15, 0.2) is 11.3 Å². The lowest BCUT2D eigenvalue weighted by atomic mass is 9.97. The number of carbonyl (C=O) groups excluding carboxylic acids is 1. The quantitative estimate of drug-likeness (QED) is 0.927. The molecule has 1 unspecified atom stereocenters. The predicted molar refractivity (Wildman–Crippen MR) is 78.5 cm³/mol. The van der Waals surface area contributed by atoms with Crippen molar-refractivity contribution in [1.29, 1.82) is 0 Å². The molecule has 0 aromatic carbocycles. The van der Waals surface area contributed by atoms with Gasteiger partial charge in [0.05, 0.1) is 0 Å². The van der Waals surface area contributed by atoms with Crippen LogP contribution in [0.4, 0.5) is 0 Å². The van der Waals surface area contributed by atoms with Crippen LogP contribution in [0.3, 0.4) is 0 Å². The van der Waals surface area contributed by atoms with Gasteiger partial charge in [0.25, 0.3) is 5.91 Å². The maximum Gasteiger partial charge on any atom is 0.303 e. The van der Waals surface area contributed by atoms with E-state index in [2.05, 4.69) is 9.97 Å². The molecule has 0 saturated carbocycles. The van der Waals surface area contributed by atoms with Crippen molar-refractivity contribution in [2.45, 2.75) is 25.7 Å². The zero-order valence-electron chi connectivity index (χ0n) is 12.2. The number of carboxylic acid groups (broad SMARTS) is 1. The van der Waals surface area contributed by atoms with E-state index >= 15 is 0 Å². The van der Waals surface area contributed by atoms with Gasteiger partial charge in [-0.05, 0) is 25.2 Å². The summed E-state index contributed by atoms with van der Waals surface area (Å²) in [5.74, 6) is -0.758. The second kappa shape index (κ2) is 6.13. The predicted octanol–water partition coefficient (Wildman–Crippen LogP) is 1.45. The second-order valence-corrected chi connectivity index (χ2v) is 5.62. The van der Waals surface area contributed by atoms with Gasteiger partial charge in [-0.2, -0.15) is 0 Å². The van der Waals surface area contributed by atoms with E-state index in [0.29, 0.717) is 24.4 Å². The largest absolute Gasteiger partial charge is 0.481 e. The molecule has 1 aliphatic heterocycles. The zero-order chi connectivity index (χ0) is 15.5. The molecule has 3 rings (SSSR count). The van der Waals surface area contributed by atoms with Crippen LogP contribution in [0.1, 0.15) is 36.2 Å².